The third-order valence-corrected chi connectivity index (χ3v) is 3.17. The Balaban J connectivity index is 2.62. The van der Waals surface area contributed by atoms with Crippen molar-refractivity contribution in [2.45, 2.75) is 6.92 Å². The van der Waals surface area contributed by atoms with Crippen LogP contribution in [0.25, 0.3) is 11.3 Å². The van der Waals surface area contributed by atoms with Gasteiger partial charge in [0.25, 0.3) is 0 Å². The normalized spacial score (nSPS) is 11.4. The molecule has 0 saturated heterocycles. The van der Waals surface area contributed by atoms with Crippen molar-refractivity contribution < 1.29 is 9.14 Å². The molecule has 2 heteroatoms. The number of pyridine rings is 1. The average Bonchev–Trinajstić information content (AvgIpc) is 2.39. The second-order valence-electron chi connectivity index (χ2n) is 4.72. The molecule has 1 aromatic heterocycles. The van der Waals surface area contributed by atoms with E-state index in [2.05, 4.69) is 72.3 Å². The minimum Gasteiger partial charge on any atom is -0.201 e. The smallest absolute Gasteiger partial charge is 0.201 e. The summed E-state index contributed by atoms with van der Waals surface area (Å²) in [4.78, 5) is 0. The molecule has 0 saturated carbocycles. The minimum absolute atomic E-state index is 1.17. The average molecular weight is 252 g/mol. The molecule has 0 atom stereocenters. The summed E-state index contributed by atoms with van der Waals surface area (Å²) >= 11 is 0. The van der Waals surface area contributed by atoms with Crippen molar-refractivity contribution in [3.05, 3.63) is 60.8 Å². The molecular formula is C17H20N2+2. The zero-order chi connectivity index (χ0) is 13.8. The van der Waals surface area contributed by atoms with Crippen LogP contribution in [0.15, 0.2) is 55.3 Å². The van der Waals surface area contributed by atoms with Crippen molar-refractivity contribution >= 4 is 11.9 Å². The first kappa shape index (κ1) is 13.2. The van der Waals surface area contributed by atoms with Crippen molar-refractivity contribution in [1.82, 2.24) is 0 Å². The van der Waals surface area contributed by atoms with E-state index >= 15 is 0 Å². The summed E-state index contributed by atoms with van der Waals surface area (Å²) in [7, 11) is 4.12. The van der Waals surface area contributed by atoms with Gasteiger partial charge in [-0.2, -0.15) is 0 Å². The van der Waals surface area contributed by atoms with E-state index in [1.54, 1.807) is 6.08 Å². The second-order valence-corrected chi connectivity index (χ2v) is 4.72. The van der Waals surface area contributed by atoms with Crippen LogP contribution in [0.3, 0.4) is 0 Å². The Bertz CT molecular complexity index is 639. The molecule has 19 heavy (non-hydrogen) atoms. The summed E-state index contributed by atoms with van der Waals surface area (Å²) in [5, 5.41) is 0. The van der Waals surface area contributed by atoms with Gasteiger partial charge in [-0.1, -0.05) is 18.7 Å². The summed E-state index contributed by atoms with van der Waals surface area (Å²) in [6, 6.07) is 12.7. The number of benzene rings is 1. The highest BCUT2D eigenvalue weighted by atomic mass is 15.0. The standard InChI is InChI=1S/C17H20N2/c1-5-12-18(3)16-9-7-6-8-15(16)17-11-10-14(2)13-19(17)4/h5-13H,1H2,2-4H3/q+2/b18-12+. The minimum atomic E-state index is 1.17. The fraction of sp³-hybridized carbons (Fsp3) is 0.176. The van der Waals surface area contributed by atoms with Gasteiger partial charge in [-0.15, -0.1) is 0 Å². The molecule has 0 radical (unpaired) electrons. The summed E-state index contributed by atoms with van der Waals surface area (Å²) < 4.78 is 4.25. The maximum Gasteiger partial charge on any atom is 0.219 e. The van der Waals surface area contributed by atoms with Crippen molar-refractivity contribution in [1.29, 1.82) is 0 Å². The monoisotopic (exact) mass is 252 g/mol. The Morgan fingerprint density at radius 2 is 1.89 bits per heavy atom. The highest BCUT2D eigenvalue weighted by Crippen LogP contribution is 2.26. The van der Waals surface area contributed by atoms with E-state index in [0.29, 0.717) is 0 Å². The Morgan fingerprint density at radius 1 is 1.16 bits per heavy atom. The van der Waals surface area contributed by atoms with Gasteiger partial charge in [-0.3, -0.25) is 0 Å². The fourth-order valence-electron chi connectivity index (χ4n) is 2.26. The first-order valence-electron chi connectivity index (χ1n) is 6.38. The van der Waals surface area contributed by atoms with E-state index < -0.39 is 0 Å². The molecular weight excluding hydrogens is 232 g/mol. The molecule has 2 rings (SSSR count). The zero-order valence-corrected chi connectivity index (χ0v) is 11.8. The number of nitrogens with zero attached hydrogens (tertiary/aromatic N) is 2. The number of aryl methyl sites for hydroxylation is 2. The van der Waals surface area contributed by atoms with E-state index in [1.165, 1.54) is 22.5 Å². The fourth-order valence-corrected chi connectivity index (χ4v) is 2.26. The maximum absolute atomic E-state index is 3.76. The van der Waals surface area contributed by atoms with Crippen LogP contribution in [0.5, 0.6) is 0 Å². The highest BCUT2D eigenvalue weighted by molar-refractivity contribution is 5.72. The van der Waals surface area contributed by atoms with Gasteiger partial charge in [0.1, 0.15) is 19.7 Å². The SMILES string of the molecule is C=C/C=[N+](\C)c1ccccc1-c1ccc(C)c[n+]1C. The van der Waals surface area contributed by atoms with Gasteiger partial charge in [0.15, 0.2) is 12.4 Å². The van der Waals surface area contributed by atoms with E-state index in [-0.39, 0.29) is 0 Å². The van der Waals surface area contributed by atoms with Gasteiger partial charge < -0.3 is 0 Å². The van der Waals surface area contributed by atoms with Crippen LogP contribution in [0, 0.1) is 6.92 Å². The maximum atomic E-state index is 3.76. The Hall–Kier alpha value is -2.22. The predicted octanol–water partition coefficient (Wildman–Crippen LogP) is 3.02. The lowest BCUT2D eigenvalue weighted by Gasteiger charge is -2.04. The van der Waals surface area contributed by atoms with Crippen molar-refractivity contribution in [3.8, 4) is 11.3 Å². The molecule has 0 fully saturated rings. The Morgan fingerprint density at radius 3 is 2.58 bits per heavy atom. The quantitative estimate of drug-likeness (QED) is 0.585. The molecule has 0 aliphatic heterocycles. The van der Waals surface area contributed by atoms with Gasteiger partial charge in [-0.05, 0) is 25.1 Å². The van der Waals surface area contributed by atoms with Gasteiger partial charge in [-0.25, -0.2) is 9.14 Å². The lowest BCUT2D eigenvalue weighted by Crippen LogP contribution is -2.31. The molecule has 0 aliphatic carbocycles. The van der Waals surface area contributed by atoms with E-state index in [0.717, 1.165) is 0 Å². The van der Waals surface area contributed by atoms with Crippen molar-refractivity contribution in [3.63, 3.8) is 0 Å². The summed E-state index contributed by atoms with van der Waals surface area (Å²) in [5.74, 6) is 0. The molecule has 0 aliphatic rings. The van der Waals surface area contributed by atoms with E-state index in [9.17, 15) is 0 Å². The van der Waals surface area contributed by atoms with Gasteiger partial charge in [0, 0.05) is 17.7 Å². The molecule has 1 heterocycles. The van der Waals surface area contributed by atoms with Crippen molar-refractivity contribution in [2.24, 2.45) is 7.05 Å². The molecule has 0 unspecified atom stereocenters. The number of rotatable bonds is 3. The number of hydrogen-bond acceptors (Lipinski definition) is 0. The lowest BCUT2D eigenvalue weighted by atomic mass is 10.1. The van der Waals surface area contributed by atoms with Crippen molar-refractivity contribution in [2.75, 3.05) is 7.05 Å². The van der Waals surface area contributed by atoms with Crippen LogP contribution < -0.4 is 4.57 Å². The summed E-state index contributed by atoms with van der Waals surface area (Å²) in [6.07, 6.45) is 5.91. The van der Waals surface area contributed by atoms with Crippen LogP contribution in [0.1, 0.15) is 5.56 Å². The third-order valence-electron chi connectivity index (χ3n) is 3.17. The summed E-state index contributed by atoms with van der Waals surface area (Å²) in [6.45, 7) is 5.86. The molecule has 2 nitrogen and oxygen atoms in total. The number of hydrogen-bond donors (Lipinski definition) is 0. The topological polar surface area (TPSA) is 6.89 Å². The summed E-state index contributed by atoms with van der Waals surface area (Å²) in [5.41, 5.74) is 4.84. The lowest BCUT2D eigenvalue weighted by molar-refractivity contribution is -0.660. The van der Waals surface area contributed by atoms with Crippen LogP contribution >= 0.6 is 0 Å². The molecule has 2 aromatic rings. The predicted molar refractivity (Wildman–Crippen MR) is 79.9 cm³/mol. The van der Waals surface area contributed by atoms with Gasteiger partial charge in [0.05, 0.1) is 0 Å². The number of allylic oxidation sites excluding steroid dienone is 1. The van der Waals surface area contributed by atoms with Crippen LogP contribution in [-0.4, -0.2) is 17.8 Å². The highest BCUT2D eigenvalue weighted by Gasteiger charge is 2.18. The largest absolute Gasteiger partial charge is 0.219 e. The first-order chi connectivity index (χ1) is 9.13. The zero-order valence-electron chi connectivity index (χ0n) is 11.8. The van der Waals surface area contributed by atoms with Gasteiger partial charge in [0.2, 0.25) is 11.4 Å². The Kier molecular flexibility index (Phi) is 3.91. The molecule has 1 aromatic carbocycles. The van der Waals surface area contributed by atoms with Crippen LogP contribution in [-0.2, 0) is 7.05 Å². The van der Waals surface area contributed by atoms with Gasteiger partial charge >= 0.3 is 0 Å². The molecule has 0 N–H and O–H groups in total. The molecule has 0 bridgehead atoms. The molecule has 0 spiro atoms. The Labute approximate surface area is 115 Å². The number of para-hydroxylation sites is 1. The second kappa shape index (κ2) is 5.61. The molecule has 96 valence electrons. The number of aromatic nitrogens is 1. The van der Waals surface area contributed by atoms with Crippen LogP contribution in [0.4, 0.5) is 5.69 Å². The van der Waals surface area contributed by atoms with E-state index in [1.807, 2.05) is 13.3 Å². The molecule has 0 amide bonds. The van der Waals surface area contributed by atoms with Crippen LogP contribution in [0.2, 0.25) is 0 Å². The van der Waals surface area contributed by atoms with E-state index in [4.69, 9.17) is 0 Å². The third kappa shape index (κ3) is 2.79. The first-order valence-corrected chi connectivity index (χ1v) is 6.38.